The third-order valence-electron chi connectivity index (χ3n) is 2.40. The topological polar surface area (TPSA) is 29.5 Å². The highest BCUT2D eigenvalue weighted by molar-refractivity contribution is 5.94. The summed E-state index contributed by atoms with van der Waals surface area (Å²) in [6, 6.07) is 6.04. The number of carbonyl (C=O) groups is 1. The van der Waals surface area contributed by atoms with Crippen LogP contribution in [-0.2, 0) is 4.74 Å². The second kappa shape index (κ2) is 7.01. The van der Waals surface area contributed by atoms with Crippen molar-refractivity contribution in [2.45, 2.75) is 13.8 Å². The van der Waals surface area contributed by atoms with E-state index in [4.69, 9.17) is 4.74 Å². The molecule has 0 unspecified atom stereocenters. The summed E-state index contributed by atoms with van der Waals surface area (Å²) in [6.07, 6.45) is 0. The van der Waals surface area contributed by atoms with Crippen molar-refractivity contribution in [1.82, 2.24) is 4.90 Å². The first-order chi connectivity index (χ1) is 8.29. The largest absolute Gasteiger partial charge is 0.378 e. The fraction of sp³-hybridized carbons (Fsp3) is 0.462. The van der Waals surface area contributed by atoms with E-state index in [9.17, 15) is 9.18 Å². The number of ether oxygens (including phenoxy) is 1. The first kappa shape index (κ1) is 13.6. The Morgan fingerprint density at radius 3 is 2.41 bits per heavy atom. The number of benzene rings is 1. The number of morpholine rings is 1. The van der Waals surface area contributed by atoms with Crippen LogP contribution in [0.2, 0.25) is 0 Å². The van der Waals surface area contributed by atoms with Crippen molar-refractivity contribution in [1.29, 1.82) is 0 Å². The summed E-state index contributed by atoms with van der Waals surface area (Å²) in [5, 5.41) is 0. The molecule has 0 radical (unpaired) electrons. The van der Waals surface area contributed by atoms with E-state index in [1.54, 1.807) is 17.0 Å². The van der Waals surface area contributed by atoms with Gasteiger partial charge in [-0.1, -0.05) is 26.0 Å². The molecule has 0 aromatic heterocycles. The van der Waals surface area contributed by atoms with Crippen LogP contribution in [0.3, 0.4) is 0 Å². The third-order valence-corrected chi connectivity index (χ3v) is 2.40. The Morgan fingerprint density at radius 1 is 1.24 bits per heavy atom. The molecule has 1 saturated heterocycles. The average Bonchev–Trinajstić information content (AvgIpc) is 2.42. The molecule has 1 fully saturated rings. The Kier molecular flexibility index (Phi) is 5.63. The van der Waals surface area contributed by atoms with E-state index in [0.29, 0.717) is 26.3 Å². The van der Waals surface area contributed by atoms with Crippen molar-refractivity contribution in [2.75, 3.05) is 26.3 Å². The molecular formula is C13H18FNO2. The van der Waals surface area contributed by atoms with Gasteiger partial charge in [-0.3, -0.25) is 4.79 Å². The van der Waals surface area contributed by atoms with E-state index >= 15 is 0 Å². The van der Waals surface area contributed by atoms with Gasteiger partial charge in [-0.15, -0.1) is 0 Å². The number of nitrogens with zero attached hydrogens (tertiary/aromatic N) is 1. The third kappa shape index (κ3) is 3.53. The minimum atomic E-state index is -0.464. The average molecular weight is 239 g/mol. The summed E-state index contributed by atoms with van der Waals surface area (Å²) in [6.45, 7) is 6.13. The van der Waals surface area contributed by atoms with Gasteiger partial charge in [-0.2, -0.15) is 0 Å². The Morgan fingerprint density at radius 2 is 1.82 bits per heavy atom. The number of hydrogen-bond donors (Lipinski definition) is 0. The first-order valence-corrected chi connectivity index (χ1v) is 5.90. The first-order valence-electron chi connectivity index (χ1n) is 5.90. The predicted molar refractivity (Wildman–Crippen MR) is 64.5 cm³/mol. The quantitative estimate of drug-likeness (QED) is 0.752. The highest BCUT2D eigenvalue weighted by Crippen LogP contribution is 2.11. The van der Waals surface area contributed by atoms with E-state index < -0.39 is 5.82 Å². The second-order valence-electron chi connectivity index (χ2n) is 3.38. The van der Waals surface area contributed by atoms with Crippen LogP contribution in [0.15, 0.2) is 24.3 Å². The van der Waals surface area contributed by atoms with Gasteiger partial charge < -0.3 is 9.64 Å². The predicted octanol–water partition coefficient (Wildman–Crippen LogP) is 2.32. The lowest BCUT2D eigenvalue weighted by molar-refractivity contribution is 0.0300. The zero-order valence-corrected chi connectivity index (χ0v) is 10.3. The molecule has 17 heavy (non-hydrogen) atoms. The molecule has 0 atom stereocenters. The smallest absolute Gasteiger partial charge is 0.256 e. The zero-order chi connectivity index (χ0) is 12.7. The van der Waals surface area contributed by atoms with Crippen LogP contribution in [-0.4, -0.2) is 37.1 Å². The molecule has 1 aromatic rings. The molecule has 1 aliphatic heterocycles. The summed E-state index contributed by atoms with van der Waals surface area (Å²) in [5.41, 5.74) is 0.138. The van der Waals surface area contributed by atoms with E-state index in [-0.39, 0.29) is 11.5 Å². The van der Waals surface area contributed by atoms with Crippen LogP contribution >= 0.6 is 0 Å². The number of amides is 1. The number of rotatable bonds is 1. The van der Waals surface area contributed by atoms with E-state index in [1.807, 2.05) is 13.8 Å². The molecule has 0 bridgehead atoms. The molecule has 0 spiro atoms. The van der Waals surface area contributed by atoms with Gasteiger partial charge in [0.25, 0.3) is 5.91 Å². The van der Waals surface area contributed by atoms with Crippen LogP contribution in [0.25, 0.3) is 0 Å². The molecule has 1 aromatic carbocycles. The summed E-state index contributed by atoms with van der Waals surface area (Å²) in [4.78, 5) is 13.5. The normalized spacial score (nSPS) is 14.9. The molecule has 3 nitrogen and oxygen atoms in total. The van der Waals surface area contributed by atoms with Gasteiger partial charge in [0.2, 0.25) is 0 Å². The zero-order valence-electron chi connectivity index (χ0n) is 10.3. The van der Waals surface area contributed by atoms with Crippen molar-refractivity contribution < 1.29 is 13.9 Å². The molecule has 94 valence electrons. The fourth-order valence-electron chi connectivity index (χ4n) is 1.57. The molecule has 4 heteroatoms. The van der Waals surface area contributed by atoms with Gasteiger partial charge in [0, 0.05) is 13.1 Å². The summed E-state index contributed by atoms with van der Waals surface area (Å²) < 4.78 is 18.4. The van der Waals surface area contributed by atoms with Crippen LogP contribution < -0.4 is 0 Å². The van der Waals surface area contributed by atoms with Gasteiger partial charge in [0.1, 0.15) is 5.82 Å². The van der Waals surface area contributed by atoms with Crippen LogP contribution in [0.4, 0.5) is 4.39 Å². The molecular weight excluding hydrogens is 221 g/mol. The molecule has 1 amide bonds. The molecule has 0 N–H and O–H groups in total. The minimum absolute atomic E-state index is 0.138. The fourth-order valence-corrected chi connectivity index (χ4v) is 1.57. The lowest BCUT2D eigenvalue weighted by atomic mass is 10.2. The SMILES string of the molecule is CC.O=C(c1ccccc1F)N1CCOCC1. The van der Waals surface area contributed by atoms with Crippen molar-refractivity contribution in [2.24, 2.45) is 0 Å². The molecule has 1 heterocycles. The Hall–Kier alpha value is -1.42. The van der Waals surface area contributed by atoms with E-state index in [1.165, 1.54) is 12.1 Å². The monoisotopic (exact) mass is 239 g/mol. The Balaban J connectivity index is 0.000000686. The van der Waals surface area contributed by atoms with E-state index in [2.05, 4.69) is 0 Å². The summed E-state index contributed by atoms with van der Waals surface area (Å²) >= 11 is 0. The lowest BCUT2D eigenvalue weighted by Gasteiger charge is -2.26. The maximum atomic E-state index is 13.3. The summed E-state index contributed by atoms with van der Waals surface area (Å²) in [7, 11) is 0. The van der Waals surface area contributed by atoms with Gasteiger partial charge in [0.15, 0.2) is 0 Å². The van der Waals surface area contributed by atoms with E-state index in [0.717, 1.165) is 0 Å². The number of carbonyl (C=O) groups excluding carboxylic acids is 1. The van der Waals surface area contributed by atoms with Crippen molar-refractivity contribution in [3.63, 3.8) is 0 Å². The van der Waals surface area contributed by atoms with Crippen molar-refractivity contribution in [3.05, 3.63) is 35.6 Å². The molecule has 0 aliphatic carbocycles. The van der Waals surface area contributed by atoms with Gasteiger partial charge in [-0.05, 0) is 12.1 Å². The van der Waals surface area contributed by atoms with Crippen LogP contribution in [0, 0.1) is 5.82 Å². The highest BCUT2D eigenvalue weighted by atomic mass is 19.1. The highest BCUT2D eigenvalue weighted by Gasteiger charge is 2.20. The summed E-state index contributed by atoms with van der Waals surface area (Å²) in [5.74, 6) is -0.717. The van der Waals surface area contributed by atoms with Crippen LogP contribution in [0.5, 0.6) is 0 Å². The van der Waals surface area contributed by atoms with Gasteiger partial charge >= 0.3 is 0 Å². The Bertz CT molecular complexity index is 362. The van der Waals surface area contributed by atoms with Gasteiger partial charge in [-0.25, -0.2) is 4.39 Å². The number of hydrogen-bond acceptors (Lipinski definition) is 2. The van der Waals surface area contributed by atoms with Gasteiger partial charge in [0.05, 0.1) is 18.8 Å². The second-order valence-corrected chi connectivity index (χ2v) is 3.38. The molecule has 1 aliphatic rings. The van der Waals surface area contributed by atoms with Crippen LogP contribution in [0.1, 0.15) is 24.2 Å². The lowest BCUT2D eigenvalue weighted by Crippen LogP contribution is -2.41. The Labute approximate surface area is 101 Å². The van der Waals surface area contributed by atoms with Crippen molar-refractivity contribution >= 4 is 5.91 Å². The van der Waals surface area contributed by atoms with Crippen molar-refractivity contribution in [3.8, 4) is 0 Å². The molecule has 0 saturated carbocycles. The minimum Gasteiger partial charge on any atom is -0.378 e. The number of halogens is 1. The maximum absolute atomic E-state index is 13.3. The standard InChI is InChI=1S/C11H12FNO2.C2H6/c12-10-4-2-1-3-9(10)11(14)13-5-7-15-8-6-13;1-2/h1-4H,5-8H2;1-2H3. The maximum Gasteiger partial charge on any atom is 0.256 e. The molecule has 2 rings (SSSR count).